The Labute approximate surface area is 151 Å². The Balaban J connectivity index is 1.51. The normalized spacial score (nSPS) is 20.7. The first-order valence-corrected chi connectivity index (χ1v) is 10.1. The van der Waals surface area contributed by atoms with Crippen molar-refractivity contribution >= 4 is 10.0 Å². The van der Waals surface area contributed by atoms with E-state index >= 15 is 0 Å². The molecule has 1 heterocycles. The Bertz CT molecular complexity index is 819. The molecule has 0 atom stereocenters. The van der Waals surface area contributed by atoms with Crippen LogP contribution in [0.25, 0.3) is 0 Å². The average Bonchev–Trinajstić information content (AvgIpc) is 2.56. The predicted molar refractivity (Wildman–Crippen MR) is 93.0 cm³/mol. The zero-order valence-electron chi connectivity index (χ0n) is 14.1. The highest BCUT2D eigenvalue weighted by molar-refractivity contribution is 7.88. The molecule has 1 fully saturated rings. The number of benzene rings is 1. The first-order chi connectivity index (χ1) is 12.4. The number of halogens is 2. The maximum absolute atomic E-state index is 13.2. The summed E-state index contributed by atoms with van der Waals surface area (Å²) >= 11 is 0. The number of nitrogens with zero attached hydrogens (tertiary/aromatic N) is 1. The number of hydrogen-bond acceptors (Lipinski definition) is 4. The maximum Gasteiger partial charge on any atom is 0.216 e. The minimum Gasteiger partial charge on any atom is -0.474 e. The fraction of sp³-hybridized carbons (Fsp3) is 0.389. The fourth-order valence-corrected chi connectivity index (χ4v) is 4.53. The third-order valence-corrected chi connectivity index (χ3v) is 5.63. The molecule has 8 heteroatoms. The van der Waals surface area contributed by atoms with Gasteiger partial charge in [-0.2, -0.15) is 0 Å². The van der Waals surface area contributed by atoms with Crippen LogP contribution in [0.2, 0.25) is 0 Å². The fourth-order valence-electron chi connectivity index (χ4n) is 3.10. The van der Waals surface area contributed by atoms with Crippen molar-refractivity contribution in [2.75, 3.05) is 0 Å². The van der Waals surface area contributed by atoms with Crippen molar-refractivity contribution < 1.29 is 21.9 Å². The highest BCUT2D eigenvalue weighted by Crippen LogP contribution is 2.23. The third-order valence-electron chi connectivity index (χ3n) is 4.22. The SMILES string of the molecule is O=S(=O)(Cc1cc(F)cc(F)c1)NC1CCC(Oc2ccccn2)CC1. The number of nitrogens with one attached hydrogen (secondary N) is 1. The molecular weight excluding hydrogens is 362 g/mol. The van der Waals surface area contributed by atoms with Gasteiger partial charge in [-0.1, -0.05) is 6.07 Å². The molecule has 3 rings (SSSR count). The molecule has 26 heavy (non-hydrogen) atoms. The predicted octanol–water partition coefficient (Wildman–Crippen LogP) is 3.17. The topological polar surface area (TPSA) is 68.3 Å². The van der Waals surface area contributed by atoms with Crippen LogP contribution < -0.4 is 9.46 Å². The van der Waals surface area contributed by atoms with E-state index in [0.29, 0.717) is 37.6 Å². The lowest BCUT2D eigenvalue weighted by molar-refractivity contribution is 0.138. The molecule has 0 unspecified atom stereocenters. The van der Waals surface area contributed by atoms with E-state index in [1.165, 1.54) is 0 Å². The van der Waals surface area contributed by atoms with E-state index < -0.39 is 27.4 Å². The van der Waals surface area contributed by atoms with E-state index in [9.17, 15) is 17.2 Å². The van der Waals surface area contributed by atoms with Crippen molar-refractivity contribution in [1.29, 1.82) is 0 Å². The van der Waals surface area contributed by atoms with Gasteiger partial charge in [-0.3, -0.25) is 0 Å². The van der Waals surface area contributed by atoms with Gasteiger partial charge >= 0.3 is 0 Å². The summed E-state index contributed by atoms with van der Waals surface area (Å²) in [6.07, 6.45) is 4.34. The lowest BCUT2D eigenvalue weighted by Crippen LogP contribution is -2.40. The number of rotatable bonds is 6. The van der Waals surface area contributed by atoms with Crippen molar-refractivity contribution in [3.8, 4) is 5.88 Å². The van der Waals surface area contributed by atoms with Crippen LogP contribution in [-0.2, 0) is 15.8 Å². The molecule has 1 N–H and O–H groups in total. The van der Waals surface area contributed by atoms with Crippen LogP contribution in [-0.4, -0.2) is 25.5 Å². The molecule has 1 aromatic heterocycles. The standard InChI is InChI=1S/C18H20F2N2O3S/c19-14-9-13(10-15(20)11-14)12-26(23,24)22-16-4-6-17(7-5-16)25-18-3-1-2-8-21-18/h1-3,8-11,16-17,22H,4-7,12H2. The van der Waals surface area contributed by atoms with Crippen LogP contribution in [0, 0.1) is 11.6 Å². The van der Waals surface area contributed by atoms with Gasteiger partial charge in [0.2, 0.25) is 15.9 Å². The van der Waals surface area contributed by atoms with Gasteiger partial charge in [-0.25, -0.2) is 26.9 Å². The molecule has 0 spiro atoms. The van der Waals surface area contributed by atoms with Crippen LogP contribution in [0.4, 0.5) is 8.78 Å². The van der Waals surface area contributed by atoms with E-state index in [4.69, 9.17) is 4.74 Å². The molecule has 1 aromatic carbocycles. The van der Waals surface area contributed by atoms with Gasteiger partial charge in [0.1, 0.15) is 17.7 Å². The second-order valence-electron chi connectivity index (χ2n) is 6.41. The largest absolute Gasteiger partial charge is 0.474 e. The molecule has 0 amide bonds. The third kappa shape index (κ3) is 5.47. The van der Waals surface area contributed by atoms with Crippen LogP contribution in [0.1, 0.15) is 31.2 Å². The average molecular weight is 382 g/mol. The molecule has 5 nitrogen and oxygen atoms in total. The van der Waals surface area contributed by atoms with Gasteiger partial charge in [-0.15, -0.1) is 0 Å². The molecule has 0 bridgehead atoms. The van der Waals surface area contributed by atoms with Crippen molar-refractivity contribution in [3.05, 3.63) is 59.8 Å². The van der Waals surface area contributed by atoms with E-state index in [1.54, 1.807) is 12.3 Å². The van der Waals surface area contributed by atoms with Crippen LogP contribution in [0.15, 0.2) is 42.6 Å². The highest BCUT2D eigenvalue weighted by atomic mass is 32.2. The quantitative estimate of drug-likeness (QED) is 0.833. The van der Waals surface area contributed by atoms with Gasteiger partial charge in [0.15, 0.2) is 0 Å². The molecule has 2 aromatic rings. The molecule has 1 saturated carbocycles. The monoisotopic (exact) mass is 382 g/mol. The smallest absolute Gasteiger partial charge is 0.216 e. The van der Waals surface area contributed by atoms with Crippen LogP contribution >= 0.6 is 0 Å². The summed E-state index contributed by atoms with van der Waals surface area (Å²) in [5.74, 6) is -1.47. The molecule has 0 aliphatic heterocycles. The summed E-state index contributed by atoms with van der Waals surface area (Å²) in [5, 5.41) is 0. The highest BCUT2D eigenvalue weighted by Gasteiger charge is 2.26. The number of pyridine rings is 1. The Morgan fingerprint density at radius 2 is 1.77 bits per heavy atom. The second kappa shape index (κ2) is 8.09. The first kappa shape index (κ1) is 18.7. The van der Waals surface area contributed by atoms with Crippen molar-refractivity contribution in [1.82, 2.24) is 9.71 Å². The Morgan fingerprint density at radius 1 is 1.08 bits per heavy atom. The number of ether oxygens (including phenoxy) is 1. The molecule has 140 valence electrons. The maximum atomic E-state index is 13.2. The van der Waals surface area contributed by atoms with Crippen molar-refractivity contribution in [2.45, 2.75) is 43.6 Å². The minimum atomic E-state index is -3.68. The second-order valence-corrected chi connectivity index (χ2v) is 8.17. The van der Waals surface area contributed by atoms with Gasteiger partial charge in [-0.05, 0) is 49.4 Å². The van der Waals surface area contributed by atoms with Gasteiger partial charge in [0.25, 0.3) is 0 Å². The van der Waals surface area contributed by atoms with Crippen LogP contribution in [0.5, 0.6) is 5.88 Å². The molecule has 0 radical (unpaired) electrons. The Hall–Kier alpha value is -2.06. The summed E-state index contributed by atoms with van der Waals surface area (Å²) in [6, 6.07) is 8.00. The number of hydrogen-bond donors (Lipinski definition) is 1. The molecular formula is C18H20F2N2O3S. The minimum absolute atomic E-state index is 0.00275. The zero-order chi connectivity index (χ0) is 18.6. The Kier molecular flexibility index (Phi) is 5.83. The zero-order valence-corrected chi connectivity index (χ0v) is 14.9. The lowest BCUT2D eigenvalue weighted by atomic mass is 9.94. The lowest BCUT2D eigenvalue weighted by Gasteiger charge is -2.29. The van der Waals surface area contributed by atoms with E-state index in [2.05, 4.69) is 9.71 Å². The summed E-state index contributed by atoms with van der Waals surface area (Å²) in [5.41, 5.74) is 0.0853. The number of aromatic nitrogens is 1. The first-order valence-electron chi connectivity index (χ1n) is 8.42. The summed E-state index contributed by atoms with van der Waals surface area (Å²) in [7, 11) is -3.68. The molecule has 1 aliphatic rings. The van der Waals surface area contributed by atoms with Gasteiger partial charge in [0.05, 0.1) is 5.75 Å². The van der Waals surface area contributed by atoms with Crippen LogP contribution in [0.3, 0.4) is 0 Å². The summed E-state index contributed by atoms with van der Waals surface area (Å²) in [4.78, 5) is 4.12. The Morgan fingerprint density at radius 3 is 2.38 bits per heavy atom. The van der Waals surface area contributed by atoms with E-state index in [-0.39, 0.29) is 17.7 Å². The number of sulfonamides is 1. The molecule has 1 aliphatic carbocycles. The van der Waals surface area contributed by atoms with Gasteiger partial charge < -0.3 is 4.74 Å². The van der Waals surface area contributed by atoms with E-state index in [1.807, 2.05) is 12.1 Å². The van der Waals surface area contributed by atoms with Crippen molar-refractivity contribution in [2.24, 2.45) is 0 Å². The molecule has 0 saturated heterocycles. The van der Waals surface area contributed by atoms with E-state index in [0.717, 1.165) is 12.1 Å². The summed E-state index contributed by atoms with van der Waals surface area (Å²) in [6.45, 7) is 0. The van der Waals surface area contributed by atoms with Crippen molar-refractivity contribution in [3.63, 3.8) is 0 Å². The van der Waals surface area contributed by atoms with Gasteiger partial charge in [0, 0.05) is 24.4 Å². The summed E-state index contributed by atoms with van der Waals surface area (Å²) < 4.78 is 59.4.